The topological polar surface area (TPSA) is 36.7 Å². The zero-order chi connectivity index (χ0) is 12.3. The summed E-state index contributed by atoms with van der Waals surface area (Å²) >= 11 is 0. The highest BCUT2D eigenvalue weighted by molar-refractivity contribution is 5.69. The maximum Gasteiger partial charge on any atom is 0.0998 e. The van der Waals surface area contributed by atoms with Crippen molar-refractivity contribution in [1.29, 1.82) is 5.26 Å². The van der Waals surface area contributed by atoms with Crippen molar-refractivity contribution in [2.45, 2.75) is 6.92 Å². The van der Waals surface area contributed by atoms with Crippen molar-refractivity contribution in [3.63, 3.8) is 0 Å². The van der Waals surface area contributed by atoms with E-state index < -0.39 is 0 Å². The van der Waals surface area contributed by atoms with E-state index in [2.05, 4.69) is 17.6 Å². The van der Waals surface area contributed by atoms with E-state index in [1.807, 2.05) is 37.3 Å². The number of hydrogen-bond acceptors (Lipinski definition) is 2. The number of allylic oxidation sites excluding steroid dienone is 1. The van der Waals surface area contributed by atoms with Crippen LogP contribution in [-0.2, 0) is 0 Å². The van der Waals surface area contributed by atoms with Gasteiger partial charge in [-0.15, -0.1) is 0 Å². The molecule has 0 aliphatic rings. The fourth-order valence-electron chi connectivity index (χ4n) is 1.61. The molecule has 82 valence electrons. The fraction of sp³-hybridized carbons (Fsp3) is 0.0667. The van der Waals surface area contributed by atoms with Crippen LogP contribution in [0.3, 0.4) is 0 Å². The van der Waals surface area contributed by atoms with Crippen LogP contribution in [0.4, 0.5) is 0 Å². The third kappa shape index (κ3) is 2.24. The number of rotatable bonds is 2. The Morgan fingerprint density at radius 3 is 2.59 bits per heavy atom. The molecule has 0 unspecified atom stereocenters. The van der Waals surface area contributed by atoms with Crippen molar-refractivity contribution < 1.29 is 0 Å². The van der Waals surface area contributed by atoms with Crippen LogP contribution >= 0.6 is 0 Å². The Morgan fingerprint density at radius 2 is 2.00 bits per heavy atom. The van der Waals surface area contributed by atoms with Crippen LogP contribution in [0.2, 0.25) is 0 Å². The van der Waals surface area contributed by atoms with E-state index in [-0.39, 0.29) is 0 Å². The molecule has 0 aliphatic heterocycles. The number of aromatic nitrogens is 1. The lowest BCUT2D eigenvalue weighted by Crippen LogP contribution is -1.88. The second-order valence-corrected chi connectivity index (χ2v) is 3.87. The Labute approximate surface area is 101 Å². The SMILES string of the molecule is C=C(C)c1ccc(-c2ccccc2C#N)nc1. The van der Waals surface area contributed by atoms with Gasteiger partial charge >= 0.3 is 0 Å². The Kier molecular flexibility index (Phi) is 3.02. The normalized spacial score (nSPS) is 9.65. The fourth-order valence-corrected chi connectivity index (χ4v) is 1.61. The van der Waals surface area contributed by atoms with E-state index in [9.17, 15) is 0 Å². The van der Waals surface area contributed by atoms with Gasteiger partial charge in [0.15, 0.2) is 0 Å². The van der Waals surface area contributed by atoms with Gasteiger partial charge in [-0.3, -0.25) is 4.98 Å². The molecule has 17 heavy (non-hydrogen) atoms. The van der Waals surface area contributed by atoms with Gasteiger partial charge in [0.05, 0.1) is 17.3 Å². The predicted molar refractivity (Wildman–Crippen MR) is 69.1 cm³/mol. The molecule has 0 amide bonds. The maximum atomic E-state index is 9.03. The lowest BCUT2D eigenvalue weighted by atomic mass is 10.0. The van der Waals surface area contributed by atoms with E-state index in [0.717, 1.165) is 22.4 Å². The van der Waals surface area contributed by atoms with Crippen molar-refractivity contribution in [2.24, 2.45) is 0 Å². The summed E-state index contributed by atoms with van der Waals surface area (Å²) in [6, 6.07) is 13.5. The summed E-state index contributed by atoms with van der Waals surface area (Å²) in [5.41, 5.74) is 4.32. The number of benzene rings is 1. The molecule has 1 heterocycles. The minimum absolute atomic E-state index is 0.642. The molecule has 1 aromatic carbocycles. The Hall–Kier alpha value is -2.40. The van der Waals surface area contributed by atoms with Gasteiger partial charge in [-0.05, 0) is 30.2 Å². The highest BCUT2D eigenvalue weighted by Gasteiger charge is 2.05. The molecular weight excluding hydrogens is 208 g/mol. The van der Waals surface area contributed by atoms with Gasteiger partial charge in [0, 0.05) is 11.8 Å². The smallest absolute Gasteiger partial charge is 0.0998 e. The summed E-state index contributed by atoms with van der Waals surface area (Å²) in [4.78, 5) is 4.37. The largest absolute Gasteiger partial charge is 0.256 e. The molecule has 0 atom stereocenters. The van der Waals surface area contributed by atoms with Crippen LogP contribution in [0.5, 0.6) is 0 Å². The van der Waals surface area contributed by atoms with Gasteiger partial charge in [-0.25, -0.2) is 0 Å². The Balaban J connectivity index is 2.47. The van der Waals surface area contributed by atoms with Crippen LogP contribution in [0, 0.1) is 11.3 Å². The summed E-state index contributed by atoms with van der Waals surface area (Å²) in [6.45, 7) is 5.81. The molecule has 0 N–H and O–H groups in total. The highest BCUT2D eigenvalue weighted by atomic mass is 14.7. The Morgan fingerprint density at radius 1 is 1.24 bits per heavy atom. The molecule has 0 saturated heterocycles. The molecule has 2 rings (SSSR count). The van der Waals surface area contributed by atoms with Gasteiger partial charge in [0.2, 0.25) is 0 Å². The quantitative estimate of drug-likeness (QED) is 0.774. The molecular formula is C15H12N2. The van der Waals surface area contributed by atoms with Gasteiger partial charge in [-0.2, -0.15) is 5.26 Å². The zero-order valence-corrected chi connectivity index (χ0v) is 9.64. The zero-order valence-electron chi connectivity index (χ0n) is 9.64. The average Bonchev–Trinajstić information content (AvgIpc) is 2.39. The minimum atomic E-state index is 0.642. The lowest BCUT2D eigenvalue weighted by molar-refractivity contribution is 1.30. The molecule has 0 aliphatic carbocycles. The van der Waals surface area contributed by atoms with Crippen molar-refractivity contribution >= 4 is 5.57 Å². The molecule has 0 spiro atoms. The summed E-state index contributed by atoms with van der Waals surface area (Å²) < 4.78 is 0. The van der Waals surface area contributed by atoms with Gasteiger partial charge in [-0.1, -0.05) is 30.8 Å². The lowest BCUT2D eigenvalue weighted by Gasteiger charge is -2.04. The molecule has 2 heteroatoms. The third-order valence-electron chi connectivity index (χ3n) is 2.58. The standard InChI is InChI=1S/C15H12N2/c1-11(2)13-7-8-15(17-10-13)14-6-4-3-5-12(14)9-16/h3-8,10H,1H2,2H3. The Bertz CT molecular complexity index is 589. The monoisotopic (exact) mass is 220 g/mol. The van der Waals surface area contributed by atoms with E-state index >= 15 is 0 Å². The molecule has 1 aromatic heterocycles. The number of pyridine rings is 1. The first-order valence-corrected chi connectivity index (χ1v) is 5.34. The van der Waals surface area contributed by atoms with Gasteiger partial charge in [0.25, 0.3) is 0 Å². The second-order valence-electron chi connectivity index (χ2n) is 3.87. The highest BCUT2D eigenvalue weighted by Crippen LogP contribution is 2.22. The average molecular weight is 220 g/mol. The van der Waals surface area contributed by atoms with Gasteiger partial charge < -0.3 is 0 Å². The van der Waals surface area contributed by atoms with Crippen LogP contribution in [0.1, 0.15) is 18.1 Å². The van der Waals surface area contributed by atoms with Crippen molar-refractivity contribution in [1.82, 2.24) is 4.98 Å². The van der Waals surface area contributed by atoms with E-state index in [0.29, 0.717) is 5.56 Å². The van der Waals surface area contributed by atoms with Gasteiger partial charge in [0.1, 0.15) is 0 Å². The minimum Gasteiger partial charge on any atom is -0.256 e. The number of nitriles is 1. The molecule has 0 radical (unpaired) electrons. The van der Waals surface area contributed by atoms with E-state index in [1.165, 1.54) is 0 Å². The molecule has 2 nitrogen and oxygen atoms in total. The van der Waals surface area contributed by atoms with E-state index in [4.69, 9.17) is 5.26 Å². The summed E-state index contributed by atoms with van der Waals surface area (Å²) in [7, 11) is 0. The number of nitrogens with zero attached hydrogens (tertiary/aromatic N) is 2. The van der Waals surface area contributed by atoms with Crippen LogP contribution in [0.25, 0.3) is 16.8 Å². The molecule has 2 aromatic rings. The molecule has 0 bridgehead atoms. The van der Waals surface area contributed by atoms with Crippen molar-refractivity contribution in [3.8, 4) is 17.3 Å². The van der Waals surface area contributed by atoms with Crippen molar-refractivity contribution in [2.75, 3.05) is 0 Å². The predicted octanol–water partition coefficient (Wildman–Crippen LogP) is 3.65. The van der Waals surface area contributed by atoms with Crippen LogP contribution < -0.4 is 0 Å². The van der Waals surface area contributed by atoms with E-state index in [1.54, 1.807) is 12.3 Å². The van der Waals surface area contributed by atoms with Crippen LogP contribution in [0.15, 0.2) is 49.2 Å². The molecule has 0 fully saturated rings. The second kappa shape index (κ2) is 4.63. The summed E-state index contributed by atoms with van der Waals surface area (Å²) in [6.07, 6.45) is 1.78. The maximum absolute atomic E-state index is 9.03. The van der Waals surface area contributed by atoms with Crippen LogP contribution in [-0.4, -0.2) is 4.98 Å². The first-order valence-electron chi connectivity index (χ1n) is 5.34. The molecule has 0 saturated carbocycles. The summed E-state index contributed by atoms with van der Waals surface area (Å²) in [5.74, 6) is 0. The summed E-state index contributed by atoms with van der Waals surface area (Å²) in [5, 5.41) is 9.03. The first-order chi connectivity index (χ1) is 8.22. The first kappa shape index (κ1) is 11.1. The number of hydrogen-bond donors (Lipinski definition) is 0. The van der Waals surface area contributed by atoms with Crippen molar-refractivity contribution in [3.05, 3.63) is 60.3 Å². The third-order valence-corrected chi connectivity index (χ3v) is 2.58.